The molecule has 1 aromatic carbocycles. The topological polar surface area (TPSA) is 78.9 Å². The summed E-state index contributed by atoms with van der Waals surface area (Å²) in [6.45, 7) is 5.79. The minimum absolute atomic E-state index is 0.144. The monoisotopic (exact) mass is 320 g/mol. The van der Waals surface area contributed by atoms with E-state index in [2.05, 4.69) is 12.2 Å². The molecule has 1 amide bonds. The van der Waals surface area contributed by atoms with Gasteiger partial charge in [-0.25, -0.2) is 0 Å². The first-order chi connectivity index (χ1) is 11.0. The van der Waals surface area contributed by atoms with Crippen molar-refractivity contribution in [1.82, 2.24) is 10.2 Å². The van der Waals surface area contributed by atoms with E-state index in [1.54, 1.807) is 0 Å². The van der Waals surface area contributed by atoms with E-state index in [-0.39, 0.29) is 18.4 Å². The summed E-state index contributed by atoms with van der Waals surface area (Å²) in [4.78, 5) is 24.8. The predicted octanol–water partition coefficient (Wildman–Crippen LogP) is 1.64. The molecule has 6 heteroatoms. The van der Waals surface area contributed by atoms with Crippen molar-refractivity contribution in [3.63, 3.8) is 0 Å². The van der Waals surface area contributed by atoms with Crippen molar-refractivity contribution in [2.24, 2.45) is 0 Å². The highest BCUT2D eigenvalue weighted by Crippen LogP contribution is 2.19. The normalized spacial score (nSPS) is 19.9. The standard InChI is InChI=1S/C17H24N2O4/c1-3-12(2)23-14-6-4-5-13(9-14)11-19-8-7-18-17(22)15(19)10-16(20)21/h4-6,9,12,15H,3,7-8,10-11H2,1-2H3,(H,18,22)(H,20,21). The van der Waals surface area contributed by atoms with Crippen LogP contribution in [-0.4, -0.2) is 47.1 Å². The van der Waals surface area contributed by atoms with Crippen molar-refractivity contribution in [3.05, 3.63) is 29.8 Å². The van der Waals surface area contributed by atoms with Crippen molar-refractivity contribution in [3.8, 4) is 5.75 Å². The number of carboxylic acids is 1. The molecular formula is C17H24N2O4. The lowest BCUT2D eigenvalue weighted by Gasteiger charge is -2.34. The summed E-state index contributed by atoms with van der Waals surface area (Å²) < 4.78 is 5.81. The maximum atomic E-state index is 11.9. The Hall–Kier alpha value is -2.08. The van der Waals surface area contributed by atoms with Gasteiger partial charge >= 0.3 is 5.97 Å². The molecule has 1 fully saturated rings. The van der Waals surface area contributed by atoms with Gasteiger partial charge in [0.25, 0.3) is 0 Å². The van der Waals surface area contributed by atoms with Crippen LogP contribution >= 0.6 is 0 Å². The zero-order valence-corrected chi connectivity index (χ0v) is 13.6. The zero-order valence-electron chi connectivity index (χ0n) is 13.6. The third kappa shape index (κ3) is 4.96. The Morgan fingerprint density at radius 1 is 1.52 bits per heavy atom. The molecule has 0 radical (unpaired) electrons. The van der Waals surface area contributed by atoms with Crippen molar-refractivity contribution in [2.75, 3.05) is 13.1 Å². The van der Waals surface area contributed by atoms with E-state index >= 15 is 0 Å². The molecule has 2 N–H and O–H groups in total. The van der Waals surface area contributed by atoms with Crippen LogP contribution in [0, 0.1) is 0 Å². The lowest BCUT2D eigenvalue weighted by Crippen LogP contribution is -2.55. The van der Waals surface area contributed by atoms with Crippen LogP contribution in [0.25, 0.3) is 0 Å². The molecule has 126 valence electrons. The summed E-state index contributed by atoms with van der Waals surface area (Å²) in [6, 6.07) is 7.13. The molecule has 1 aliphatic rings. The quantitative estimate of drug-likeness (QED) is 0.798. The fourth-order valence-corrected chi connectivity index (χ4v) is 2.61. The number of carbonyl (C=O) groups is 2. The number of ether oxygens (including phenoxy) is 1. The van der Waals surface area contributed by atoms with Gasteiger partial charge in [-0.3, -0.25) is 14.5 Å². The molecular weight excluding hydrogens is 296 g/mol. The van der Waals surface area contributed by atoms with Crippen molar-refractivity contribution in [2.45, 2.75) is 45.4 Å². The van der Waals surface area contributed by atoms with Gasteiger partial charge < -0.3 is 15.2 Å². The molecule has 0 spiro atoms. The Balaban J connectivity index is 2.08. The average Bonchev–Trinajstić information content (AvgIpc) is 2.50. The number of benzene rings is 1. The molecule has 0 saturated carbocycles. The Bertz CT molecular complexity index is 561. The molecule has 1 saturated heterocycles. The Morgan fingerprint density at radius 3 is 3.00 bits per heavy atom. The number of amides is 1. The van der Waals surface area contributed by atoms with E-state index in [4.69, 9.17) is 9.84 Å². The number of carboxylic acid groups (broad SMARTS) is 1. The molecule has 2 unspecified atom stereocenters. The maximum absolute atomic E-state index is 11.9. The lowest BCUT2D eigenvalue weighted by molar-refractivity contribution is -0.143. The Morgan fingerprint density at radius 2 is 2.30 bits per heavy atom. The second kappa shape index (κ2) is 7.97. The summed E-state index contributed by atoms with van der Waals surface area (Å²) >= 11 is 0. The minimum Gasteiger partial charge on any atom is -0.491 e. The molecule has 23 heavy (non-hydrogen) atoms. The van der Waals surface area contributed by atoms with Gasteiger partial charge in [-0.05, 0) is 31.0 Å². The second-order valence-corrected chi connectivity index (χ2v) is 5.86. The molecule has 1 aromatic rings. The van der Waals surface area contributed by atoms with E-state index in [0.717, 1.165) is 17.7 Å². The van der Waals surface area contributed by atoms with Crippen LogP contribution in [-0.2, 0) is 16.1 Å². The van der Waals surface area contributed by atoms with Crippen LogP contribution in [0.5, 0.6) is 5.75 Å². The van der Waals surface area contributed by atoms with Crippen LogP contribution in [0.2, 0.25) is 0 Å². The van der Waals surface area contributed by atoms with E-state index in [9.17, 15) is 9.59 Å². The number of aliphatic carboxylic acids is 1. The van der Waals surface area contributed by atoms with Gasteiger partial charge in [0.1, 0.15) is 11.8 Å². The molecule has 0 bridgehead atoms. The average molecular weight is 320 g/mol. The summed E-state index contributed by atoms with van der Waals surface area (Å²) in [6.07, 6.45) is 0.886. The van der Waals surface area contributed by atoms with E-state index in [1.807, 2.05) is 36.1 Å². The summed E-state index contributed by atoms with van der Waals surface area (Å²) in [5.41, 5.74) is 1.01. The van der Waals surface area contributed by atoms with Gasteiger partial charge in [-0.2, -0.15) is 0 Å². The van der Waals surface area contributed by atoms with Gasteiger partial charge in [0.05, 0.1) is 12.5 Å². The van der Waals surface area contributed by atoms with Gasteiger partial charge in [0.2, 0.25) is 5.91 Å². The van der Waals surface area contributed by atoms with Gasteiger partial charge in [-0.1, -0.05) is 19.1 Å². The van der Waals surface area contributed by atoms with Crippen LogP contribution in [0.1, 0.15) is 32.3 Å². The predicted molar refractivity (Wildman–Crippen MR) is 86.3 cm³/mol. The van der Waals surface area contributed by atoms with Gasteiger partial charge in [-0.15, -0.1) is 0 Å². The van der Waals surface area contributed by atoms with Crippen molar-refractivity contribution in [1.29, 1.82) is 0 Å². The first-order valence-corrected chi connectivity index (χ1v) is 7.98. The maximum Gasteiger partial charge on any atom is 0.305 e. The highest BCUT2D eigenvalue weighted by Gasteiger charge is 2.31. The van der Waals surface area contributed by atoms with E-state index in [1.165, 1.54) is 0 Å². The molecule has 2 atom stereocenters. The van der Waals surface area contributed by atoms with E-state index in [0.29, 0.717) is 19.6 Å². The van der Waals surface area contributed by atoms with Gasteiger partial charge in [0.15, 0.2) is 0 Å². The minimum atomic E-state index is -0.967. The summed E-state index contributed by atoms with van der Waals surface area (Å²) in [7, 11) is 0. The highest BCUT2D eigenvalue weighted by atomic mass is 16.5. The zero-order chi connectivity index (χ0) is 16.8. The number of piperazine rings is 1. The number of nitrogens with zero attached hydrogens (tertiary/aromatic N) is 1. The van der Waals surface area contributed by atoms with Crippen LogP contribution < -0.4 is 10.1 Å². The highest BCUT2D eigenvalue weighted by molar-refractivity contribution is 5.86. The second-order valence-electron chi connectivity index (χ2n) is 5.86. The number of carbonyl (C=O) groups excluding carboxylic acids is 1. The fourth-order valence-electron chi connectivity index (χ4n) is 2.61. The Labute approximate surface area is 136 Å². The van der Waals surface area contributed by atoms with E-state index < -0.39 is 12.0 Å². The van der Waals surface area contributed by atoms with Crippen LogP contribution in [0.4, 0.5) is 0 Å². The molecule has 6 nitrogen and oxygen atoms in total. The third-order valence-corrected chi connectivity index (χ3v) is 4.01. The largest absolute Gasteiger partial charge is 0.491 e. The van der Waals surface area contributed by atoms with Gasteiger partial charge in [0, 0.05) is 19.6 Å². The number of hydrogen-bond donors (Lipinski definition) is 2. The first-order valence-electron chi connectivity index (χ1n) is 7.98. The molecule has 0 aromatic heterocycles. The smallest absolute Gasteiger partial charge is 0.305 e. The number of rotatable bonds is 7. The number of nitrogens with one attached hydrogen (secondary N) is 1. The lowest BCUT2D eigenvalue weighted by atomic mass is 10.1. The molecule has 0 aliphatic carbocycles. The first kappa shape index (κ1) is 17.3. The molecule has 1 aliphatic heterocycles. The third-order valence-electron chi connectivity index (χ3n) is 4.01. The SMILES string of the molecule is CCC(C)Oc1cccc(CN2CCNC(=O)C2CC(=O)O)c1. The summed E-state index contributed by atoms with van der Waals surface area (Å²) in [5.74, 6) is -0.385. The van der Waals surface area contributed by atoms with Crippen LogP contribution in [0.3, 0.4) is 0 Å². The number of hydrogen-bond acceptors (Lipinski definition) is 4. The summed E-state index contributed by atoms with van der Waals surface area (Å²) in [5, 5.41) is 11.7. The fraction of sp³-hybridized carbons (Fsp3) is 0.529. The van der Waals surface area contributed by atoms with Crippen molar-refractivity contribution >= 4 is 11.9 Å². The molecule has 1 heterocycles. The Kier molecular flexibility index (Phi) is 5.98. The molecule has 2 rings (SSSR count). The van der Waals surface area contributed by atoms with Crippen molar-refractivity contribution < 1.29 is 19.4 Å². The van der Waals surface area contributed by atoms with Crippen LogP contribution in [0.15, 0.2) is 24.3 Å².